The largest absolute Gasteiger partial charge is 0.382 e. The normalized spacial score (nSPS) is 32.2. The predicted molar refractivity (Wildman–Crippen MR) is 313 cm³/mol. The zero-order chi connectivity index (χ0) is 53.2. The molecule has 15 atom stereocenters. The standard InChI is InChI=1S/C68H80N7O3/c1-4-47-43-73(34-26-50(47)39-63(73)66(76)57-23-29-69-60-16-10-7-13-54(57)60)37-32-72(33-38-74-35-27-51(48(5-2)44-74)40-64(74)67(77)58-24-30-70-61-17-11-8-14-55(58)61)53-21-19-46(20-22-53)42-75-36-28-52(49(6-3)45-75)41-65(75)68(78)59-25-31-71-62-18-12-9-15-56(59)62/h4-25,29-31,47-52,63-68,76-78H,1-3,26-28,32-45H2/q+3/t47-,48-,49-,50-,51-,52-,63+,64+,65+,66-,67-,68-,73+,74+,75+/m0/s1. The number of quaternary nitrogens is 3. The van der Waals surface area contributed by atoms with Crippen molar-refractivity contribution in [3.63, 3.8) is 0 Å². The van der Waals surface area contributed by atoms with Crippen LogP contribution >= 0.6 is 0 Å². The molecule has 0 saturated carbocycles. The first-order chi connectivity index (χ1) is 38.1. The first-order valence-electron chi connectivity index (χ1n) is 29.5. The summed E-state index contributed by atoms with van der Waals surface area (Å²) in [7, 11) is 0. The molecule has 402 valence electrons. The molecule has 9 aliphatic rings. The zero-order valence-electron chi connectivity index (χ0n) is 45.5. The zero-order valence-corrected chi connectivity index (χ0v) is 45.5. The van der Waals surface area contributed by atoms with Crippen molar-refractivity contribution in [1.82, 2.24) is 15.0 Å². The molecule has 3 N–H and O–H groups in total. The molecular formula is C68H80N7O3+3. The summed E-state index contributed by atoms with van der Waals surface area (Å²) in [5.74, 6) is 2.79. The van der Waals surface area contributed by atoms with E-state index in [2.05, 4.69) is 133 Å². The first-order valence-corrected chi connectivity index (χ1v) is 29.5. The molecule has 0 amide bonds. The van der Waals surface area contributed by atoms with E-state index in [0.29, 0.717) is 35.5 Å². The number of aromatic nitrogens is 3. The van der Waals surface area contributed by atoms with Gasteiger partial charge in [-0.3, -0.25) is 15.0 Å². The highest BCUT2D eigenvalue weighted by molar-refractivity contribution is 5.84. The van der Waals surface area contributed by atoms with E-state index in [4.69, 9.17) is 9.97 Å². The number of piperidine rings is 9. The summed E-state index contributed by atoms with van der Waals surface area (Å²) in [5.41, 5.74) is 8.23. The highest BCUT2D eigenvalue weighted by Gasteiger charge is 2.57. The topological polar surface area (TPSA) is 103 Å². The predicted octanol–water partition coefficient (Wildman–Crippen LogP) is 11.1. The van der Waals surface area contributed by atoms with Crippen LogP contribution in [0.1, 0.15) is 79.1 Å². The van der Waals surface area contributed by atoms with Crippen molar-refractivity contribution in [3.05, 3.63) is 194 Å². The van der Waals surface area contributed by atoms with E-state index in [1.807, 2.05) is 48.9 Å². The molecule has 3 aromatic heterocycles. The van der Waals surface area contributed by atoms with Crippen molar-refractivity contribution in [3.8, 4) is 0 Å². The third-order valence-corrected chi connectivity index (χ3v) is 21.6. The van der Waals surface area contributed by atoms with Crippen LogP contribution in [0.25, 0.3) is 32.7 Å². The highest BCUT2D eigenvalue weighted by Crippen LogP contribution is 2.51. The molecule has 9 fully saturated rings. The maximum Gasteiger partial charge on any atom is 0.131 e. The van der Waals surface area contributed by atoms with Gasteiger partial charge >= 0.3 is 0 Å². The SMILES string of the molecule is C=C[C@H]1C[N@+]2(CCN(CC[N@@+]34CC[C@@H](C[C@@H]3[C@@H](O)c3ccnc5ccccc35)[C@@H](C=C)C4)c3ccc(C[N@@+]45CC[C@@H](C[C@@H]4[C@@H](O)c4ccnc6ccccc46)[C@@H](C=C)C5)cc3)CC[C@H]1C[C@@H]2[C@@H](O)c1ccnc2ccccc12. The number of anilines is 1. The molecule has 9 aliphatic heterocycles. The molecule has 10 heteroatoms. The van der Waals surface area contributed by atoms with Gasteiger partial charge in [-0.1, -0.05) is 85.0 Å². The number of fused-ring (bicyclic) bond motifs is 12. The van der Waals surface area contributed by atoms with Crippen LogP contribution in [0.3, 0.4) is 0 Å². The van der Waals surface area contributed by atoms with Gasteiger partial charge in [-0.2, -0.15) is 0 Å². The number of hydrogen-bond acceptors (Lipinski definition) is 7. The Balaban J connectivity index is 0.838. The number of aliphatic hydroxyl groups excluding tert-OH is 3. The van der Waals surface area contributed by atoms with Crippen molar-refractivity contribution < 1.29 is 28.8 Å². The summed E-state index contributed by atoms with van der Waals surface area (Å²) in [5, 5.41) is 41.2. The lowest BCUT2D eigenvalue weighted by Gasteiger charge is -2.59. The lowest BCUT2D eigenvalue weighted by molar-refractivity contribution is -0.984. The number of hydrogen-bond donors (Lipinski definition) is 3. The second kappa shape index (κ2) is 20.8. The van der Waals surface area contributed by atoms with Crippen LogP contribution in [0.2, 0.25) is 0 Å². The van der Waals surface area contributed by atoms with Gasteiger partial charge in [-0.25, -0.2) is 0 Å². The Morgan fingerprint density at radius 1 is 0.474 bits per heavy atom. The number of pyridine rings is 3. The molecule has 0 radical (unpaired) electrons. The number of nitrogens with zero attached hydrogens (tertiary/aromatic N) is 7. The van der Waals surface area contributed by atoms with Gasteiger partial charge < -0.3 is 33.7 Å². The van der Waals surface area contributed by atoms with Gasteiger partial charge in [0, 0.05) is 102 Å². The molecule has 7 aromatic rings. The van der Waals surface area contributed by atoms with E-state index in [1.165, 1.54) is 11.3 Å². The first kappa shape index (κ1) is 51.3. The molecule has 78 heavy (non-hydrogen) atoms. The highest BCUT2D eigenvalue weighted by atomic mass is 16.3. The van der Waals surface area contributed by atoms with E-state index in [9.17, 15) is 15.3 Å². The summed E-state index contributed by atoms with van der Waals surface area (Å²) >= 11 is 0. The number of para-hydroxylation sites is 3. The second-order valence-corrected chi connectivity index (χ2v) is 25.0. The Hall–Kier alpha value is -6.11. The summed E-state index contributed by atoms with van der Waals surface area (Å²) in [4.78, 5) is 16.7. The Morgan fingerprint density at radius 2 is 0.833 bits per heavy atom. The quantitative estimate of drug-likeness (QED) is 0.0581. The van der Waals surface area contributed by atoms with E-state index < -0.39 is 18.3 Å². The Bertz CT molecular complexity index is 3200. The van der Waals surface area contributed by atoms with Crippen molar-refractivity contribution in [2.24, 2.45) is 35.5 Å². The van der Waals surface area contributed by atoms with Gasteiger partial charge in [0.25, 0.3) is 0 Å². The van der Waals surface area contributed by atoms with Gasteiger partial charge in [-0.15, -0.1) is 19.7 Å². The van der Waals surface area contributed by atoms with Crippen LogP contribution in [-0.2, 0) is 6.54 Å². The number of aliphatic hydroxyl groups is 3. The fraction of sp³-hybridized carbons (Fsp3) is 0.426. The van der Waals surface area contributed by atoms with Crippen molar-refractivity contribution >= 4 is 38.4 Å². The molecular weight excluding hydrogens is 963 g/mol. The van der Waals surface area contributed by atoms with Crippen LogP contribution in [0, 0.1) is 35.5 Å². The second-order valence-electron chi connectivity index (χ2n) is 25.0. The van der Waals surface area contributed by atoms with Gasteiger partial charge in [0.2, 0.25) is 0 Å². The van der Waals surface area contributed by atoms with Crippen LogP contribution in [0.15, 0.2) is 172 Å². The van der Waals surface area contributed by atoms with E-state index in [-0.39, 0.29) is 18.1 Å². The Morgan fingerprint density at radius 3 is 1.23 bits per heavy atom. The molecule has 10 nitrogen and oxygen atoms in total. The van der Waals surface area contributed by atoms with Gasteiger partial charge in [-0.05, 0) is 83.0 Å². The van der Waals surface area contributed by atoms with Crippen LogP contribution in [0.5, 0.6) is 0 Å². The molecule has 16 rings (SSSR count). The summed E-state index contributed by atoms with van der Waals surface area (Å²) in [6.45, 7) is 23.5. The minimum atomic E-state index is -0.623. The monoisotopic (exact) mass is 1040 g/mol. The molecule has 0 aliphatic carbocycles. The third-order valence-electron chi connectivity index (χ3n) is 21.6. The fourth-order valence-electron chi connectivity index (χ4n) is 17.3. The summed E-state index contributed by atoms with van der Waals surface area (Å²) < 4.78 is 2.56. The number of rotatable bonds is 18. The summed E-state index contributed by atoms with van der Waals surface area (Å²) in [6.07, 6.45) is 16.7. The molecule has 12 heterocycles. The molecule has 9 saturated heterocycles. The Labute approximate surface area is 461 Å². The lowest BCUT2D eigenvalue weighted by atomic mass is 9.71. The van der Waals surface area contributed by atoms with Crippen molar-refractivity contribution in [2.75, 3.05) is 70.3 Å². The third kappa shape index (κ3) is 8.91. The summed E-state index contributed by atoms with van der Waals surface area (Å²) in [6, 6.07) is 40.6. The minimum absolute atomic E-state index is 0.0523. The molecule has 0 unspecified atom stereocenters. The van der Waals surface area contributed by atoms with Gasteiger partial charge in [0.05, 0.1) is 82.0 Å². The average Bonchev–Trinajstić information content (AvgIpc) is 3.57. The van der Waals surface area contributed by atoms with E-state index >= 15 is 0 Å². The maximum absolute atomic E-state index is 12.8. The molecule has 4 aromatic carbocycles. The lowest BCUT2D eigenvalue weighted by Crippen LogP contribution is -2.70. The smallest absolute Gasteiger partial charge is 0.131 e. The Kier molecular flexibility index (Phi) is 13.7. The van der Waals surface area contributed by atoms with Gasteiger partial charge in [0.15, 0.2) is 0 Å². The minimum Gasteiger partial charge on any atom is -0.382 e. The number of benzene rings is 4. The van der Waals surface area contributed by atoms with Crippen LogP contribution in [-0.4, -0.2) is 127 Å². The van der Waals surface area contributed by atoms with Crippen molar-refractivity contribution in [1.29, 1.82) is 0 Å². The van der Waals surface area contributed by atoms with Gasteiger partial charge in [0.1, 0.15) is 43.0 Å². The van der Waals surface area contributed by atoms with Crippen LogP contribution < -0.4 is 4.90 Å². The maximum atomic E-state index is 12.8. The van der Waals surface area contributed by atoms with Crippen molar-refractivity contribution in [2.45, 2.75) is 81.5 Å². The average molecular weight is 1040 g/mol. The van der Waals surface area contributed by atoms with E-state index in [0.717, 1.165) is 173 Å². The van der Waals surface area contributed by atoms with Crippen LogP contribution in [0.4, 0.5) is 5.69 Å². The molecule has 0 spiro atoms. The van der Waals surface area contributed by atoms with E-state index in [1.54, 1.807) is 0 Å². The molecule has 6 bridgehead atoms. The fourth-order valence-corrected chi connectivity index (χ4v) is 17.3.